The molecule has 5 nitrogen and oxygen atoms in total. The summed E-state index contributed by atoms with van der Waals surface area (Å²) in [5, 5.41) is 9.37. The Labute approximate surface area is 112 Å². The van der Waals surface area contributed by atoms with Crippen LogP contribution in [0.4, 0.5) is 0 Å². The van der Waals surface area contributed by atoms with Crippen molar-refractivity contribution in [1.29, 1.82) is 0 Å². The van der Waals surface area contributed by atoms with Crippen LogP contribution in [0.1, 0.15) is 35.7 Å². The standard InChI is InChI=1S/C14H18N2O3/c1-14(13(18)19)7-4-8-16(14)9-10-5-2-3-6-11(10)12(15)17/h2-3,5-6H,4,7-9H2,1H3,(H2,15,17)(H,18,19)/t14-/m1/s1. The van der Waals surface area contributed by atoms with Gasteiger partial charge in [0.05, 0.1) is 0 Å². The van der Waals surface area contributed by atoms with Crippen LogP contribution in [0, 0.1) is 0 Å². The van der Waals surface area contributed by atoms with Crippen molar-refractivity contribution in [3.63, 3.8) is 0 Å². The van der Waals surface area contributed by atoms with Crippen LogP contribution in [0.3, 0.4) is 0 Å². The molecule has 2 rings (SSSR count). The first-order valence-corrected chi connectivity index (χ1v) is 6.31. The SMILES string of the molecule is C[C@]1(C(=O)O)CCCN1Cc1ccccc1C(N)=O. The highest BCUT2D eigenvalue weighted by Crippen LogP contribution is 2.31. The number of carbonyl (C=O) groups excluding carboxylic acids is 1. The minimum atomic E-state index is -0.856. The molecule has 1 aromatic rings. The molecule has 0 aliphatic carbocycles. The summed E-state index contributed by atoms with van der Waals surface area (Å²) in [6.45, 7) is 2.88. The monoisotopic (exact) mass is 262 g/mol. The van der Waals surface area contributed by atoms with Crippen molar-refractivity contribution in [3.05, 3.63) is 35.4 Å². The second-order valence-electron chi connectivity index (χ2n) is 5.13. The number of primary amides is 1. The van der Waals surface area contributed by atoms with Gasteiger partial charge in [-0.05, 0) is 37.9 Å². The fraction of sp³-hybridized carbons (Fsp3) is 0.429. The van der Waals surface area contributed by atoms with Crippen LogP contribution in [0.5, 0.6) is 0 Å². The lowest BCUT2D eigenvalue weighted by atomic mass is 9.98. The zero-order valence-electron chi connectivity index (χ0n) is 10.9. The number of rotatable bonds is 4. The quantitative estimate of drug-likeness (QED) is 0.854. The summed E-state index contributed by atoms with van der Waals surface area (Å²) >= 11 is 0. The maximum absolute atomic E-state index is 11.4. The van der Waals surface area contributed by atoms with E-state index in [1.807, 2.05) is 17.0 Å². The summed E-state index contributed by atoms with van der Waals surface area (Å²) in [6, 6.07) is 7.08. The van der Waals surface area contributed by atoms with Crippen molar-refractivity contribution in [2.75, 3.05) is 6.54 Å². The number of likely N-dealkylation sites (tertiary alicyclic amines) is 1. The molecule has 0 radical (unpaired) electrons. The number of carboxylic acids is 1. The number of nitrogens with two attached hydrogens (primary N) is 1. The Morgan fingerprint density at radius 2 is 2.11 bits per heavy atom. The topological polar surface area (TPSA) is 83.6 Å². The minimum Gasteiger partial charge on any atom is -0.480 e. The van der Waals surface area contributed by atoms with Gasteiger partial charge in [0, 0.05) is 12.1 Å². The van der Waals surface area contributed by atoms with Gasteiger partial charge >= 0.3 is 5.97 Å². The van der Waals surface area contributed by atoms with E-state index in [2.05, 4.69) is 0 Å². The molecular weight excluding hydrogens is 244 g/mol. The van der Waals surface area contributed by atoms with Gasteiger partial charge in [-0.3, -0.25) is 14.5 Å². The average molecular weight is 262 g/mol. The fourth-order valence-corrected chi connectivity index (χ4v) is 2.62. The average Bonchev–Trinajstić information content (AvgIpc) is 2.73. The van der Waals surface area contributed by atoms with Gasteiger partial charge in [-0.1, -0.05) is 18.2 Å². The second-order valence-corrected chi connectivity index (χ2v) is 5.13. The zero-order chi connectivity index (χ0) is 14.0. The minimum absolute atomic E-state index is 0.432. The molecule has 0 spiro atoms. The van der Waals surface area contributed by atoms with E-state index in [0.29, 0.717) is 18.5 Å². The lowest BCUT2D eigenvalue weighted by Gasteiger charge is -2.31. The third-order valence-corrected chi connectivity index (χ3v) is 3.89. The van der Waals surface area contributed by atoms with E-state index in [0.717, 1.165) is 18.5 Å². The highest BCUT2D eigenvalue weighted by molar-refractivity contribution is 5.94. The Hall–Kier alpha value is -1.88. The highest BCUT2D eigenvalue weighted by atomic mass is 16.4. The highest BCUT2D eigenvalue weighted by Gasteiger charge is 2.43. The Kier molecular flexibility index (Phi) is 3.57. The first-order valence-electron chi connectivity index (χ1n) is 6.31. The summed E-state index contributed by atoms with van der Waals surface area (Å²) in [6.07, 6.45) is 1.47. The summed E-state index contributed by atoms with van der Waals surface area (Å²) in [7, 11) is 0. The van der Waals surface area contributed by atoms with Crippen molar-refractivity contribution in [3.8, 4) is 0 Å². The molecule has 1 aromatic carbocycles. The van der Waals surface area contributed by atoms with E-state index in [9.17, 15) is 14.7 Å². The van der Waals surface area contributed by atoms with Crippen LogP contribution in [0.2, 0.25) is 0 Å². The van der Waals surface area contributed by atoms with Gasteiger partial charge in [-0.25, -0.2) is 0 Å². The molecular formula is C14H18N2O3. The Balaban J connectivity index is 2.27. The lowest BCUT2D eigenvalue weighted by Crippen LogP contribution is -2.47. The number of carboxylic acid groups (broad SMARTS) is 1. The first-order chi connectivity index (χ1) is 8.95. The number of hydrogen-bond acceptors (Lipinski definition) is 3. The van der Waals surface area contributed by atoms with Crippen molar-refractivity contribution in [2.24, 2.45) is 5.73 Å². The maximum atomic E-state index is 11.4. The predicted molar refractivity (Wildman–Crippen MR) is 70.6 cm³/mol. The summed E-state index contributed by atoms with van der Waals surface area (Å²) in [4.78, 5) is 24.7. The number of aliphatic carboxylic acids is 1. The normalized spacial score (nSPS) is 23.4. The Bertz CT molecular complexity index is 515. The predicted octanol–water partition coefficient (Wildman–Crippen LogP) is 1.22. The molecule has 0 aromatic heterocycles. The summed E-state index contributed by atoms with van der Waals surface area (Å²) in [5.41, 5.74) is 5.73. The van der Waals surface area contributed by atoms with Gasteiger partial charge in [0.15, 0.2) is 0 Å². The molecule has 0 saturated carbocycles. The molecule has 1 heterocycles. The van der Waals surface area contributed by atoms with Crippen LogP contribution in [0.25, 0.3) is 0 Å². The third kappa shape index (κ3) is 2.46. The maximum Gasteiger partial charge on any atom is 0.323 e. The molecule has 19 heavy (non-hydrogen) atoms. The van der Waals surface area contributed by atoms with Gasteiger partial charge in [0.2, 0.25) is 5.91 Å². The molecule has 1 fully saturated rings. The van der Waals surface area contributed by atoms with Crippen molar-refractivity contribution < 1.29 is 14.7 Å². The number of benzene rings is 1. The van der Waals surface area contributed by atoms with E-state index in [-0.39, 0.29) is 0 Å². The first kappa shape index (κ1) is 13.5. The largest absolute Gasteiger partial charge is 0.480 e. The smallest absolute Gasteiger partial charge is 0.323 e. The third-order valence-electron chi connectivity index (χ3n) is 3.89. The van der Waals surface area contributed by atoms with Gasteiger partial charge in [0.1, 0.15) is 5.54 Å². The zero-order valence-corrected chi connectivity index (χ0v) is 10.9. The van der Waals surface area contributed by atoms with Crippen molar-refractivity contribution >= 4 is 11.9 Å². The fourth-order valence-electron chi connectivity index (χ4n) is 2.62. The van der Waals surface area contributed by atoms with Gasteiger partial charge in [-0.2, -0.15) is 0 Å². The van der Waals surface area contributed by atoms with Gasteiger partial charge in [0.25, 0.3) is 0 Å². The molecule has 3 N–H and O–H groups in total. The summed E-state index contributed by atoms with van der Waals surface area (Å²) < 4.78 is 0. The number of carbonyl (C=O) groups is 2. The molecule has 1 amide bonds. The van der Waals surface area contributed by atoms with Crippen LogP contribution in [-0.2, 0) is 11.3 Å². The molecule has 0 bridgehead atoms. The second kappa shape index (κ2) is 5.01. The summed E-state index contributed by atoms with van der Waals surface area (Å²) in [5.74, 6) is -1.30. The van der Waals surface area contributed by atoms with E-state index >= 15 is 0 Å². The molecule has 0 unspecified atom stereocenters. The number of amides is 1. The van der Waals surface area contributed by atoms with E-state index in [1.165, 1.54) is 0 Å². The van der Waals surface area contributed by atoms with Crippen molar-refractivity contribution in [1.82, 2.24) is 4.90 Å². The van der Waals surface area contributed by atoms with E-state index in [4.69, 9.17) is 5.73 Å². The van der Waals surface area contributed by atoms with Crippen LogP contribution in [-0.4, -0.2) is 34.0 Å². The lowest BCUT2D eigenvalue weighted by molar-refractivity contribution is -0.148. The van der Waals surface area contributed by atoms with Crippen LogP contribution < -0.4 is 5.73 Å². The van der Waals surface area contributed by atoms with E-state index < -0.39 is 17.4 Å². The Morgan fingerprint density at radius 3 is 2.74 bits per heavy atom. The van der Waals surface area contributed by atoms with Crippen molar-refractivity contribution in [2.45, 2.75) is 31.8 Å². The molecule has 1 aliphatic rings. The van der Waals surface area contributed by atoms with Gasteiger partial charge < -0.3 is 10.8 Å². The molecule has 1 aliphatic heterocycles. The molecule has 1 saturated heterocycles. The molecule has 5 heteroatoms. The van der Waals surface area contributed by atoms with Crippen LogP contribution in [0.15, 0.2) is 24.3 Å². The number of nitrogens with zero attached hydrogens (tertiary/aromatic N) is 1. The number of hydrogen-bond donors (Lipinski definition) is 2. The Morgan fingerprint density at radius 1 is 1.42 bits per heavy atom. The van der Waals surface area contributed by atoms with E-state index in [1.54, 1.807) is 19.1 Å². The van der Waals surface area contributed by atoms with Gasteiger partial charge in [-0.15, -0.1) is 0 Å². The molecule has 1 atom stereocenters. The van der Waals surface area contributed by atoms with Crippen LogP contribution >= 0.6 is 0 Å². The molecule has 102 valence electrons.